The number of hydrogen-bond acceptors (Lipinski definition) is 2. The van der Waals surface area contributed by atoms with Crippen LogP contribution in [-0.2, 0) is 6.54 Å². The van der Waals surface area contributed by atoms with E-state index in [1.807, 2.05) is 97.6 Å². The lowest BCUT2D eigenvalue weighted by atomic mass is 10.1. The molecule has 0 aliphatic carbocycles. The molecule has 0 fully saturated rings. The van der Waals surface area contributed by atoms with E-state index in [1.165, 1.54) is 0 Å². The average Bonchev–Trinajstić information content (AvgIpc) is 2.67. The summed E-state index contributed by atoms with van der Waals surface area (Å²) in [5, 5.41) is 9.22. The molecule has 0 aromatic heterocycles. The third-order valence-electron chi connectivity index (χ3n) is 4.19. The topological polar surface area (TPSA) is 36.3 Å². The Morgan fingerprint density at radius 3 is 2.26 bits per heavy atom. The predicted octanol–water partition coefficient (Wildman–Crippen LogP) is 6.77. The van der Waals surface area contributed by atoms with Crippen LogP contribution in [0.1, 0.15) is 19.4 Å². The number of rotatable bonds is 6. The number of benzene rings is 3. The van der Waals surface area contributed by atoms with Gasteiger partial charge in [0.05, 0.1) is 0 Å². The summed E-state index contributed by atoms with van der Waals surface area (Å²) in [4.78, 5) is 2.00. The lowest BCUT2D eigenvalue weighted by Gasteiger charge is -2.28. The van der Waals surface area contributed by atoms with Crippen LogP contribution in [0.5, 0.6) is 11.5 Å². The molecule has 0 atom stereocenters. The van der Waals surface area contributed by atoms with Crippen molar-refractivity contribution in [3.63, 3.8) is 0 Å². The molecule has 4 heteroatoms. The molecule has 0 aliphatic rings. The molecule has 0 bridgehead atoms. The predicted molar refractivity (Wildman–Crippen MR) is 113 cm³/mol. The first-order valence-electron chi connectivity index (χ1n) is 8.96. The Hall–Kier alpha value is -2.78. The Bertz CT molecular complexity index is 892. The summed E-state index contributed by atoms with van der Waals surface area (Å²) in [5.74, 6) is 2.26. The SMILES string of the molecule is CC(C)C(=N)N(Cc1cccc(Oc2ccccc2)c1)c1ccc(Cl)cc1. The van der Waals surface area contributed by atoms with E-state index >= 15 is 0 Å². The zero-order chi connectivity index (χ0) is 19.2. The number of nitrogens with one attached hydrogen (secondary N) is 1. The summed E-state index contributed by atoms with van der Waals surface area (Å²) in [5.41, 5.74) is 2.02. The molecule has 27 heavy (non-hydrogen) atoms. The summed E-state index contributed by atoms with van der Waals surface area (Å²) >= 11 is 6.03. The van der Waals surface area contributed by atoms with Crippen molar-refractivity contribution in [2.75, 3.05) is 4.90 Å². The normalized spacial score (nSPS) is 10.7. The van der Waals surface area contributed by atoms with E-state index in [2.05, 4.69) is 0 Å². The van der Waals surface area contributed by atoms with Gasteiger partial charge < -0.3 is 9.64 Å². The highest BCUT2D eigenvalue weighted by atomic mass is 35.5. The molecule has 3 nitrogen and oxygen atoms in total. The number of anilines is 1. The van der Waals surface area contributed by atoms with Crippen molar-refractivity contribution < 1.29 is 4.74 Å². The summed E-state index contributed by atoms with van der Waals surface area (Å²) in [6.07, 6.45) is 0. The van der Waals surface area contributed by atoms with Crippen LogP contribution >= 0.6 is 11.6 Å². The molecule has 0 radical (unpaired) electrons. The minimum absolute atomic E-state index is 0.115. The van der Waals surface area contributed by atoms with Crippen molar-refractivity contribution >= 4 is 23.1 Å². The van der Waals surface area contributed by atoms with Crippen LogP contribution in [0.15, 0.2) is 78.9 Å². The highest BCUT2D eigenvalue weighted by Crippen LogP contribution is 2.25. The van der Waals surface area contributed by atoms with E-state index in [1.54, 1.807) is 0 Å². The minimum Gasteiger partial charge on any atom is -0.457 e. The lowest BCUT2D eigenvalue weighted by molar-refractivity contribution is 0.482. The number of para-hydroxylation sites is 1. The van der Waals surface area contributed by atoms with Crippen molar-refractivity contribution in [2.24, 2.45) is 5.92 Å². The van der Waals surface area contributed by atoms with Crippen LogP contribution in [-0.4, -0.2) is 5.84 Å². The minimum atomic E-state index is 0.115. The Morgan fingerprint density at radius 1 is 0.926 bits per heavy atom. The average molecular weight is 379 g/mol. The first-order chi connectivity index (χ1) is 13.0. The molecule has 3 aromatic carbocycles. The van der Waals surface area contributed by atoms with Crippen LogP contribution in [0.2, 0.25) is 5.02 Å². The van der Waals surface area contributed by atoms with E-state index in [0.29, 0.717) is 17.4 Å². The second-order valence-corrected chi connectivity index (χ2v) is 7.10. The van der Waals surface area contributed by atoms with Gasteiger partial charge in [-0.3, -0.25) is 5.41 Å². The Morgan fingerprint density at radius 2 is 1.59 bits per heavy atom. The van der Waals surface area contributed by atoms with Gasteiger partial charge in [0.1, 0.15) is 17.3 Å². The van der Waals surface area contributed by atoms with Crippen molar-refractivity contribution in [2.45, 2.75) is 20.4 Å². The van der Waals surface area contributed by atoms with Gasteiger partial charge in [0.2, 0.25) is 0 Å². The number of ether oxygens (including phenoxy) is 1. The molecule has 3 rings (SSSR count). The van der Waals surface area contributed by atoms with Gasteiger partial charge in [0.15, 0.2) is 0 Å². The molecule has 0 aliphatic heterocycles. The van der Waals surface area contributed by atoms with E-state index < -0.39 is 0 Å². The van der Waals surface area contributed by atoms with Crippen molar-refractivity contribution in [1.29, 1.82) is 5.41 Å². The Balaban J connectivity index is 1.84. The Labute approximate surface area is 165 Å². The third-order valence-corrected chi connectivity index (χ3v) is 4.45. The van der Waals surface area contributed by atoms with Gasteiger partial charge in [-0.15, -0.1) is 0 Å². The first kappa shape index (κ1) is 19.0. The third kappa shape index (κ3) is 5.11. The zero-order valence-electron chi connectivity index (χ0n) is 15.5. The Kier molecular flexibility index (Phi) is 6.15. The van der Waals surface area contributed by atoms with Gasteiger partial charge >= 0.3 is 0 Å². The van der Waals surface area contributed by atoms with Gasteiger partial charge in [0, 0.05) is 23.2 Å². The van der Waals surface area contributed by atoms with Crippen molar-refractivity contribution in [3.05, 3.63) is 89.4 Å². The second kappa shape index (κ2) is 8.74. The molecule has 0 heterocycles. The molecular weight excluding hydrogens is 356 g/mol. The van der Waals surface area contributed by atoms with Crippen molar-refractivity contribution in [3.8, 4) is 11.5 Å². The van der Waals surface area contributed by atoms with Gasteiger partial charge in [-0.2, -0.15) is 0 Å². The largest absolute Gasteiger partial charge is 0.457 e. The number of nitrogens with zero attached hydrogens (tertiary/aromatic N) is 1. The summed E-state index contributed by atoms with van der Waals surface area (Å²) in [6.45, 7) is 4.64. The monoisotopic (exact) mass is 378 g/mol. The highest BCUT2D eigenvalue weighted by molar-refractivity contribution is 6.30. The standard InChI is InChI=1S/C23H23ClN2O/c1-17(2)23(25)26(20-13-11-19(24)12-14-20)16-18-7-6-10-22(15-18)27-21-8-4-3-5-9-21/h3-15,17,25H,16H2,1-2H3. The van der Waals surface area contributed by atoms with E-state index in [-0.39, 0.29) is 5.92 Å². The van der Waals surface area contributed by atoms with Crippen LogP contribution in [0.4, 0.5) is 5.69 Å². The summed E-state index contributed by atoms with van der Waals surface area (Å²) < 4.78 is 5.94. The molecule has 0 saturated carbocycles. The zero-order valence-corrected chi connectivity index (χ0v) is 16.3. The molecule has 0 amide bonds. The molecule has 0 spiro atoms. The maximum absolute atomic E-state index is 8.54. The number of amidine groups is 1. The lowest BCUT2D eigenvalue weighted by Crippen LogP contribution is -2.33. The quantitative estimate of drug-likeness (QED) is 0.379. The maximum atomic E-state index is 8.54. The fraction of sp³-hybridized carbons (Fsp3) is 0.174. The van der Waals surface area contributed by atoms with Gasteiger partial charge in [-0.1, -0.05) is 55.8 Å². The van der Waals surface area contributed by atoms with Crippen LogP contribution < -0.4 is 9.64 Å². The first-order valence-corrected chi connectivity index (χ1v) is 9.34. The molecule has 138 valence electrons. The molecule has 1 N–H and O–H groups in total. The van der Waals surface area contributed by atoms with Crippen LogP contribution in [0.3, 0.4) is 0 Å². The van der Waals surface area contributed by atoms with Gasteiger partial charge in [0.25, 0.3) is 0 Å². The van der Waals surface area contributed by atoms with E-state index in [0.717, 1.165) is 22.7 Å². The molecule has 0 saturated heterocycles. The second-order valence-electron chi connectivity index (χ2n) is 6.67. The number of hydrogen-bond donors (Lipinski definition) is 1. The highest BCUT2D eigenvalue weighted by Gasteiger charge is 2.16. The molecule has 3 aromatic rings. The smallest absolute Gasteiger partial charge is 0.127 e. The van der Waals surface area contributed by atoms with Crippen molar-refractivity contribution in [1.82, 2.24) is 0 Å². The fourth-order valence-corrected chi connectivity index (χ4v) is 2.89. The molecular formula is C23H23ClN2O. The van der Waals surface area contributed by atoms with Gasteiger partial charge in [-0.25, -0.2) is 0 Å². The van der Waals surface area contributed by atoms with Gasteiger partial charge in [-0.05, 0) is 54.1 Å². The fourth-order valence-electron chi connectivity index (χ4n) is 2.76. The number of halogens is 1. The van der Waals surface area contributed by atoms with Crippen LogP contribution in [0, 0.1) is 11.3 Å². The maximum Gasteiger partial charge on any atom is 0.127 e. The van der Waals surface area contributed by atoms with E-state index in [4.69, 9.17) is 21.7 Å². The summed E-state index contributed by atoms with van der Waals surface area (Å²) in [6, 6.07) is 25.3. The summed E-state index contributed by atoms with van der Waals surface area (Å²) in [7, 11) is 0. The van der Waals surface area contributed by atoms with E-state index in [9.17, 15) is 0 Å². The molecule has 0 unspecified atom stereocenters. The van der Waals surface area contributed by atoms with Crippen LogP contribution in [0.25, 0.3) is 0 Å².